The molecule has 2 heterocycles. The van der Waals surface area contributed by atoms with Crippen LogP contribution in [0, 0.1) is 6.92 Å². The van der Waals surface area contributed by atoms with Crippen molar-refractivity contribution in [1.82, 2.24) is 0 Å². The van der Waals surface area contributed by atoms with Gasteiger partial charge in [0.05, 0.1) is 22.2 Å². The minimum atomic E-state index is -4.90. The second kappa shape index (κ2) is 7.14. The van der Waals surface area contributed by atoms with Crippen LogP contribution in [0.25, 0.3) is 17.0 Å². The number of alkyl halides is 3. The Kier molecular flexibility index (Phi) is 4.74. The highest BCUT2D eigenvalue weighted by Crippen LogP contribution is 2.32. The Hall–Kier alpha value is -3.39. The van der Waals surface area contributed by atoms with Gasteiger partial charge in [0.15, 0.2) is 11.1 Å². The van der Waals surface area contributed by atoms with Crippen molar-refractivity contribution in [2.45, 2.75) is 13.1 Å². The van der Waals surface area contributed by atoms with E-state index in [1.54, 1.807) is 31.2 Å². The number of rotatable bonds is 2. The van der Waals surface area contributed by atoms with Crippen LogP contribution in [0.5, 0.6) is 0 Å². The molecule has 1 amide bonds. The molecule has 0 fully saturated rings. The summed E-state index contributed by atoms with van der Waals surface area (Å²) in [5, 5.41) is 4.51. The standard InChI is InChI=1S/C21H12ClF3N2O3/c1-11-7-17-14(9-16(11)22)18(28)12(10-30-17)8-15-19(21(23,24)25)26-27(20(15)29)13-5-3-2-4-6-13/h2-10H,1H3/b15-8-. The van der Waals surface area contributed by atoms with Gasteiger partial charge in [0.2, 0.25) is 0 Å². The highest BCUT2D eigenvalue weighted by atomic mass is 35.5. The molecule has 30 heavy (non-hydrogen) atoms. The lowest BCUT2D eigenvalue weighted by Gasteiger charge is -2.10. The number of amides is 1. The van der Waals surface area contributed by atoms with Gasteiger partial charge in [0.25, 0.3) is 5.91 Å². The number of anilines is 1. The zero-order chi connectivity index (χ0) is 21.6. The first-order valence-electron chi connectivity index (χ1n) is 8.66. The molecular weight excluding hydrogens is 421 g/mol. The number of halogens is 4. The zero-order valence-corrected chi connectivity index (χ0v) is 16.1. The molecule has 0 spiro atoms. The van der Waals surface area contributed by atoms with Gasteiger partial charge in [0.1, 0.15) is 11.8 Å². The second-order valence-corrected chi connectivity index (χ2v) is 6.98. The first kappa shape index (κ1) is 19.9. The number of hydrogen-bond donors (Lipinski definition) is 0. The number of carbonyl (C=O) groups is 1. The van der Waals surface area contributed by atoms with E-state index in [1.165, 1.54) is 18.2 Å². The number of carbonyl (C=O) groups excluding carboxylic acids is 1. The molecule has 3 aromatic rings. The number of fused-ring (bicyclic) bond motifs is 1. The molecule has 0 atom stereocenters. The van der Waals surface area contributed by atoms with Crippen LogP contribution in [0.4, 0.5) is 18.9 Å². The first-order chi connectivity index (χ1) is 14.2. The maximum atomic E-state index is 13.6. The van der Waals surface area contributed by atoms with E-state index < -0.39 is 28.8 Å². The Morgan fingerprint density at radius 2 is 1.83 bits per heavy atom. The van der Waals surface area contributed by atoms with Crippen LogP contribution in [0.15, 0.2) is 68.6 Å². The van der Waals surface area contributed by atoms with E-state index in [-0.39, 0.29) is 22.2 Å². The Morgan fingerprint density at radius 3 is 2.50 bits per heavy atom. The summed E-state index contributed by atoms with van der Waals surface area (Å²) in [6.45, 7) is 1.72. The van der Waals surface area contributed by atoms with Gasteiger partial charge in [-0.2, -0.15) is 23.3 Å². The van der Waals surface area contributed by atoms with E-state index in [0.717, 1.165) is 12.3 Å². The average Bonchev–Trinajstić information content (AvgIpc) is 3.03. The summed E-state index contributed by atoms with van der Waals surface area (Å²) in [4.78, 5) is 25.5. The monoisotopic (exact) mass is 432 g/mol. The molecule has 0 N–H and O–H groups in total. The summed E-state index contributed by atoms with van der Waals surface area (Å²) in [6, 6.07) is 10.6. The maximum Gasteiger partial charge on any atom is 0.435 e. The number of para-hydroxylation sites is 1. The molecule has 0 unspecified atom stereocenters. The zero-order valence-electron chi connectivity index (χ0n) is 15.3. The van der Waals surface area contributed by atoms with Crippen molar-refractivity contribution in [3.8, 4) is 0 Å². The van der Waals surface area contributed by atoms with E-state index in [9.17, 15) is 22.8 Å². The second-order valence-electron chi connectivity index (χ2n) is 6.57. The molecular formula is C21H12ClF3N2O3. The van der Waals surface area contributed by atoms with Gasteiger partial charge in [-0.15, -0.1) is 0 Å². The first-order valence-corrected chi connectivity index (χ1v) is 9.03. The summed E-state index contributed by atoms with van der Waals surface area (Å²) in [5.74, 6) is -1.00. The van der Waals surface area contributed by atoms with Crippen molar-refractivity contribution >= 4 is 46.0 Å². The highest BCUT2D eigenvalue weighted by Gasteiger charge is 2.46. The highest BCUT2D eigenvalue weighted by molar-refractivity contribution is 6.34. The predicted octanol–water partition coefficient (Wildman–Crippen LogP) is 5.10. The van der Waals surface area contributed by atoms with Gasteiger partial charge in [-0.1, -0.05) is 29.8 Å². The Morgan fingerprint density at radius 1 is 1.13 bits per heavy atom. The van der Waals surface area contributed by atoms with E-state index in [4.69, 9.17) is 16.0 Å². The van der Waals surface area contributed by atoms with Gasteiger partial charge in [-0.25, -0.2) is 0 Å². The summed E-state index contributed by atoms with van der Waals surface area (Å²) in [7, 11) is 0. The summed E-state index contributed by atoms with van der Waals surface area (Å²) in [5.41, 5.74) is -1.91. The lowest BCUT2D eigenvalue weighted by Crippen LogP contribution is -2.25. The average molecular weight is 433 g/mol. The molecule has 0 radical (unpaired) electrons. The van der Waals surface area contributed by atoms with E-state index in [2.05, 4.69) is 5.10 Å². The third kappa shape index (κ3) is 3.39. The number of aryl methyl sites for hydroxylation is 1. The van der Waals surface area contributed by atoms with Gasteiger partial charge in [0, 0.05) is 5.02 Å². The smallest absolute Gasteiger partial charge is 0.435 e. The molecule has 2 aromatic carbocycles. The minimum absolute atomic E-state index is 0.0933. The topological polar surface area (TPSA) is 62.9 Å². The van der Waals surface area contributed by atoms with Crippen LogP contribution >= 0.6 is 11.6 Å². The molecule has 0 aliphatic carbocycles. The largest absolute Gasteiger partial charge is 0.463 e. The number of hydrogen-bond acceptors (Lipinski definition) is 4. The van der Waals surface area contributed by atoms with Gasteiger partial charge >= 0.3 is 6.18 Å². The van der Waals surface area contributed by atoms with Crippen LogP contribution in [0.1, 0.15) is 11.1 Å². The minimum Gasteiger partial charge on any atom is -0.463 e. The maximum absolute atomic E-state index is 13.6. The molecule has 5 nitrogen and oxygen atoms in total. The lowest BCUT2D eigenvalue weighted by atomic mass is 10.1. The fourth-order valence-corrected chi connectivity index (χ4v) is 3.18. The molecule has 152 valence electrons. The van der Waals surface area contributed by atoms with Crippen molar-refractivity contribution in [2.24, 2.45) is 5.10 Å². The van der Waals surface area contributed by atoms with E-state index >= 15 is 0 Å². The third-order valence-corrected chi connectivity index (χ3v) is 4.93. The van der Waals surface area contributed by atoms with E-state index in [1.807, 2.05) is 0 Å². The van der Waals surface area contributed by atoms with Crippen molar-refractivity contribution in [3.05, 3.63) is 80.7 Å². The Balaban J connectivity index is 1.87. The molecule has 9 heteroatoms. The van der Waals surface area contributed by atoms with Crippen molar-refractivity contribution in [1.29, 1.82) is 0 Å². The van der Waals surface area contributed by atoms with E-state index in [0.29, 0.717) is 15.6 Å². The molecule has 4 rings (SSSR count). The van der Waals surface area contributed by atoms with Crippen LogP contribution in [0.3, 0.4) is 0 Å². The molecule has 1 aromatic heterocycles. The fraction of sp³-hybridized carbons (Fsp3) is 0.0952. The quantitative estimate of drug-likeness (QED) is 0.529. The number of hydrazone groups is 1. The molecule has 0 saturated heterocycles. The van der Waals surface area contributed by atoms with Gasteiger partial charge < -0.3 is 4.42 Å². The molecule has 0 bridgehead atoms. The van der Waals surface area contributed by atoms with Crippen molar-refractivity contribution < 1.29 is 22.4 Å². The normalized spacial score (nSPS) is 15.9. The van der Waals surface area contributed by atoms with Crippen molar-refractivity contribution in [2.75, 3.05) is 5.01 Å². The number of benzene rings is 2. The summed E-state index contributed by atoms with van der Waals surface area (Å²) < 4.78 is 46.1. The molecule has 1 aliphatic rings. The Bertz CT molecular complexity index is 1290. The van der Waals surface area contributed by atoms with Crippen molar-refractivity contribution in [3.63, 3.8) is 0 Å². The Labute approximate surface area is 172 Å². The van der Waals surface area contributed by atoms with Gasteiger partial charge in [-0.05, 0) is 42.8 Å². The fourth-order valence-electron chi connectivity index (χ4n) is 3.02. The lowest BCUT2D eigenvalue weighted by molar-refractivity contribution is -0.114. The van der Waals surface area contributed by atoms with Crippen LogP contribution in [-0.4, -0.2) is 17.8 Å². The molecule has 0 saturated carbocycles. The van der Waals surface area contributed by atoms with Crippen LogP contribution in [0.2, 0.25) is 5.02 Å². The third-order valence-electron chi connectivity index (χ3n) is 4.53. The number of nitrogens with zero attached hydrogens (tertiary/aromatic N) is 2. The van der Waals surface area contributed by atoms with Gasteiger partial charge in [-0.3, -0.25) is 9.59 Å². The summed E-state index contributed by atoms with van der Waals surface area (Å²) >= 11 is 6.05. The predicted molar refractivity (Wildman–Crippen MR) is 108 cm³/mol. The molecule has 1 aliphatic heterocycles. The van der Waals surface area contributed by atoms with Crippen LogP contribution in [-0.2, 0) is 4.79 Å². The van der Waals surface area contributed by atoms with Crippen LogP contribution < -0.4 is 10.4 Å². The SMILES string of the molecule is Cc1cc2occ(/C=C3\C(=O)N(c4ccccc4)N=C3C(F)(F)F)c(=O)c2cc1Cl. The summed E-state index contributed by atoms with van der Waals surface area (Å²) in [6.07, 6.45) is -3.05.